The fourth-order valence-corrected chi connectivity index (χ4v) is 4.01. The van der Waals surface area contributed by atoms with Gasteiger partial charge < -0.3 is 9.73 Å². The van der Waals surface area contributed by atoms with Crippen LogP contribution in [0.1, 0.15) is 29.8 Å². The topological polar surface area (TPSA) is 58.0 Å². The Morgan fingerprint density at radius 2 is 2.29 bits per heavy atom. The molecule has 21 heavy (non-hydrogen) atoms. The number of oxazole rings is 1. The molecule has 0 saturated heterocycles. The zero-order valence-electron chi connectivity index (χ0n) is 11.5. The fourth-order valence-electron chi connectivity index (χ4n) is 2.30. The van der Waals surface area contributed by atoms with Crippen LogP contribution in [0.3, 0.4) is 0 Å². The molecule has 110 valence electrons. The summed E-state index contributed by atoms with van der Waals surface area (Å²) in [7, 11) is 0. The number of rotatable bonds is 5. The Labute approximate surface area is 134 Å². The van der Waals surface area contributed by atoms with Crippen molar-refractivity contribution in [2.45, 2.75) is 19.4 Å². The van der Waals surface area contributed by atoms with Crippen molar-refractivity contribution in [1.29, 1.82) is 0 Å². The first-order valence-corrected chi connectivity index (χ1v) is 8.45. The van der Waals surface area contributed by atoms with Crippen molar-refractivity contribution in [3.8, 4) is 0 Å². The predicted octanol–water partition coefficient (Wildman–Crippen LogP) is 4.03. The number of halogens is 1. The van der Waals surface area contributed by atoms with Gasteiger partial charge in [-0.3, -0.25) is 4.98 Å². The second kappa shape index (κ2) is 6.17. The number of fused-ring (bicyclic) bond motifs is 1. The molecule has 6 heteroatoms. The molecule has 0 aliphatic carbocycles. The van der Waals surface area contributed by atoms with E-state index in [1.165, 1.54) is 4.88 Å². The molecule has 0 spiro atoms. The lowest BCUT2D eigenvalue weighted by atomic mass is 10.0. The van der Waals surface area contributed by atoms with Gasteiger partial charge in [-0.15, -0.1) is 11.3 Å². The van der Waals surface area contributed by atoms with E-state index in [9.17, 15) is 4.79 Å². The predicted molar refractivity (Wildman–Crippen MR) is 89.0 cm³/mol. The van der Waals surface area contributed by atoms with Crippen LogP contribution in [0.4, 0.5) is 0 Å². The Hall–Kier alpha value is -1.37. The smallest absolute Gasteiger partial charge is 0.408 e. The van der Waals surface area contributed by atoms with E-state index in [0.29, 0.717) is 5.58 Å². The van der Waals surface area contributed by atoms with E-state index < -0.39 is 5.76 Å². The Bertz CT molecular complexity index is 805. The molecule has 0 saturated carbocycles. The minimum atomic E-state index is -0.419. The lowest BCUT2D eigenvalue weighted by Gasteiger charge is -2.18. The SMILES string of the molecule is CCCNC(c1ccc2[nH]c(=O)oc2c1)c1sccc1Br. The van der Waals surface area contributed by atoms with Crippen molar-refractivity contribution in [2.75, 3.05) is 6.54 Å². The Balaban J connectivity index is 2.04. The maximum atomic E-state index is 11.3. The zero-order valence-corrected chi connectivity index (χ0v) is 13.9. The molecule has 1 aromatic carbocycles. The van der Waals surface area contributed by atoms with Crippen molar-refractivity contribution < 1.29 is 4.42 Å². The molecule has 0 aliphatic rings. The fraction of sp³-hybridized carbons (Fsp3) is 0.267. The first-order chi connectivity index (χ1) is 10.2. The van der Waals surface area contributed by atoms with Crippen molar-refractivity contribution in [2.24, 2.45) is 0 Å². The molecule has 0 amide bonds. The molecule has 3 rings (SSSR count). The van der Waals surface area contributed by atoms with Gasteiger partial charge in [0.15, 0.2) is 5.58 Å². The lowest BCUT2D eigenvalue weighted by Crippen LogP contribution is -2.22. The van der Waals surface area contributed by atoms with E-state index in [1.54, 1.807) is 11.3 Å². The molecular formula is C15H15BrN2O2S. The van der Waals surface area contributed by atoms with Crippen molar-refractivity contribution in [3.05, 3.63) is 55.1 Å². The van der Waals surface area contributed by atoms with E-state index in [1.807, 2.05) is 18.2 Å². The molecule has 4 nitrogen and oxygen atoms in total. The van der Waals surface area contributed by atoms with Gasteiger partial charge in [0.1, 0.15) is 0 Å². The molecule has 2 N–H and O–H groups in total. The number of benzene rings is 1. The summed E-state index contributed by atoms with van der Waals surface area (Å²) in [5.41, 5.74) is 2.40. The first kappa shape index (κ1) is 14.6. The molecule has 0 bridgehead atoms. The molecule has 3 aromatic rings. The maximum absolute atomic E-state index is 11.3. The van der Waals surface area contributed by atoms with E-state index >= 15 is 0 Å². The minimum absolute atomic E-state index is 0.0870. The van der Waals surface area contributed by atoms with Crippen LogP contribution in [0.5, 0.6) is 0 Å². The third kappa shape index (κ3) is 2.97. The molecule has 2 heterocycles. The molecule has 1 unspecified atom stereocenters. The van der Waals surface area contributed by atoms with E-state index in [4.69, 9.17) is 4.42 Å². The van der Waals surface area contributed by atoms with Gasteiger partial charge >= 0.3 is 5.76 Å². The van der Waals surface area contributed by atoms with Crippen LogP contribution < -0.4 is 11.1 Å². The van der Waals surface area contributed by atoms with Crippen LogP contribution in [-0.4, -0.2) is 11.5 Å². The van der Waals surface area contributed by atoms with Gasteiger partial charge in [-0.1, -0.05) is 13.0 Å². The Morgan fingerprint density at radius 3 is 3.00 bits per heavy atom. The first-order valence-electron chi connectivity index (χ1n) is 6.78. The third-order valence-corrected chi connectivity index (χ3v) is 5.22. The Kier molecular flexibility index (Phi) is 4.28. The third-order valence-electron chi connectivity index (χ3n) is 3.28. The normalized spacial score (nSPS) is 12.9. The van der Waals surface area contributed by atoms with Gasteiger partial charge in [0.25, 0.3) is 0 Å². The number of hydrogen-bond donors (Lipinski definition) is 2. The summed E-state index contributed by atoms with van der Waals surface area (Å²) in [6.07, 6.45) is 1.06. The van der Waals surface area contributed by atoms with Gasteiger partial charge in [-0.25, -0.2) is 4.79 Å². The average Bonchev–Trinajstić information content (AvgIpc) is 3.04. The highest BCUT2D eigenvalue weighted by atomic mass is 79.9. The summed E-state index contributed by atoms with van der Waals surface area (Å²) in [5, 5.41) is 5.62. The number of hydrogen-bond acceptors (Lipinski definition) is 4. The highest BCUT2D eigenvalue weighted by molar-refractivity contribution is 9.10. The zero-order chi connectivity index (χ0) is 14.8. The van der Waals surface area contributed by atoms with Crippen LogP contribution in [0, 0.1) is 0 Å². The maximum Gasteiger partial charge on any atom is 0.417 e. The highest BCUT2D eigenvalue weighted by Gasteiger charge is 2.18. The van der Waals surface area contributed by atoms with Crippen molar-refractivity contribution in [3.63, 3.8) is 0 Å². The van der Waals surface area contributed by atoms with E-state index in [-0.39, 0.29) is 6.04 Å². The standard InChI is InChI=1S/C15H15BrN2O2S/c1-2-6-17-13(14-10(16)5-7-21-14)9-3-4-11-12(8-9)20-15(19)18-11/h3-5,7-8,13,17H,2,6H2,1H3,(H,18,19). The summed E-state index contributed by atoms with van der Waals surface area (Å²) in [5.74, 6) is -0.419. The van der Waals surface area contributed by atoms with Crippen LogP contribution in [-0.2, 0) is 0 Å². The monoisotopic (exact) mass is 366 g/mol. The lowest BCUT2D eigenvalue weighted by molar-refractivity contribution is 0.553. The number of H-pyrrole nitrogens is 1. The van der Waals surface area contributed by atoms with Gasteiger partial charge in [-0.2, -0.15) is 0 Å². The number of thiophene rings is 1. The summed E-state index contributed by atoms with van der Waals surface area (Å²) < 4.78 is 6.26. The number of aromatic nitrogens is 1. The van der Waals surface area contributed by atoms with Crippen LogP contribution in [0.25, 0.3) is 11.1 Å². The van der Waals surface area contributed by atoms with Gasteiger partial charge in [0.05, 0.1) is 11.6 Å². The second-order valence-corrected chi connectivity index (χ2v) is 6.59. The summed E-state index contributed by atoms with van der Waals surface area (Å²) in [6, 6.07) is 7.97. The molecule has 2 aromatic heterocycles. The largest absolute Gasteiger partial charge is 0.417 e. The van der Waals surface area contributed by atoms with E-state index in [0.717, 1.165) is 28.5 Å². The van der Waals surface area contributed by atoms with Gasteiger partial charge in [0, 0.05) is 9.35 Å². The minimum Gasteiger partial charge on any atom is -0.408 e. The van der Waals surface area contributed by atoms with Crippen LogP contribution in [0.15, 0.2) is 43.3 Å². The second-order valence-electron chi connectivity index (χ2n) is 4.79. The summed E-state index contributed by atoms with van der Waals surface area (Å²) in [4.78, 5) is 15.2. The van der Waals surface area contributed by atoms with Gasteiger partial charge in [0.2, 0.25) is 0 Å². The van der Waals surface area contributed by atoms with Crippen LogP contribution >= 0.6 is 27.3 Å². The highest BCUT2D eigenvalue weighted by Crippen LogP contribution is 2.34. The van der Waals surface area contributed by atoms with E-state index in [2.05, 4.69) is 44.6 Å². The molecule has 0 radical (unpaired) electrons. The summed E-state index contributed by atoms with van der Waals surface area (Å²) in [6.45, 7) is 3.06. The Morgan fingerprint density at radius 1 is 1.43 bits per heavy atom. The quantitative estimate of drug-likeness (QED) is 0.716. The molecule has 0 aliphatic heterocycles. The summed E-state index contributed by atoms with van der Waals surface area (Å²) >= 11 is 5.30. The number of aromatic amines is 1. The van der Waals surface area contributed by atoms with Crippen molar-refractivity contribution >= 4 is 38.4 Å². The van der Waals surface area contributed by atoms with Crippen molar-refractivity contribution in [1.82, 2.24) is 10.3 Å². The molecule has 1 atom stereocenters. The average molecular weight is 367 g/mol. The molecule has 0 fully saturated rings. The van der Waals surface area contributed by atoms with Gasteiger partial charge in [-0.05, 0) is 58.0 Å². The molecular weight excluding hydrogens is 352 g/mol. The number of nitrogens with one attached hydrogen (secondary N) is 2. The van der Waals surface area contributed by atoms with Crippen LogP contribution in [0.2, 0.25) is 0 Å².